The van der Waals surface area contributed by atoms with E-state index in [0.29, 0.717) is 59.4 Å². The average molecular weight is 873 g/mol. The number of nitrogens with zero attached hydrogens (tertiary/aromatic N) is 11. The zero-order valence-electron chi connectivity index (χ0n) is 34.5. The molecule has 63 heavy (non-hydrogen) atoms. The molecule has 19 nitrogen and oxygen atoms in total. The summed E-state index contributed by atoms with van der Waals surface area (Å²) in [5.41, 5.74) is 9.90. The number of ether oxygens (including phenoxy) is 3. The molecule has 0 amide bonds. The van der Waals surface area contributed by atoms with Crippen LogP contribution in [0.5, 0.6) is 0 Å². The summed E-state index contributed by atoms with van der Waals surface area (Å²) >= 11 is 5.94. The maximum absolute atomic E-state index is 12.0. The summed E-state index contributed by atoms with van der Waals surface area (Å²) in [7, 11) is 1.00. The zero-order chi connectivity index (χ0) is 44.7. The third-order valence-electron chi connectivity index (χ3n) is 8.63. The first-order valence-corrected chi connectivity index (χ1v) is 19.8. The molecule has 20 heteroatoms. The van der Waals surface area contributed by atoms with E-state index in [-0.39, 0.29) is 23.3 Å². The fraction of sp³-hybridized carbons (Fsp3) is 0.186. The van der Waals surface area contributed by atoms with Gasteiger partial charge in [0, 0.05) is 67.2 Å². The molecule has 0 radical (unpaired) electrons. The molecule has 0 aromatic carbocycles. The van der Waals surface area contributed by atoms with Crippen LogP contribution in [-0.2, 0) is 19.0 Å². The molecular formula is C43H41ClN12O7. The molecule has 2 N–H and O–H groups in total. The molecule has 0 fully saturated rings. The fourth-order valence-corrected chi connectivity index (χ4v) is 6.13. The number of aromatic nitrogens is 11. The van der Waals surface area contributed by atoms with Gasteiger partial charge in [-0.2, -0.15) is 10.2 Å². The van der Waals surface area contributed by atoms with E-state index in [9.17, 15) is 14.4 Å². The van der Waals surface area contributed by atoms with Crippen molar-refractivity contribution in [3.8, 4) is 33.8 Å². The minimum absolute atomic E-state index is 0.195. The van der Waals surface area contributed by atoms with Gasteiger partial charge in [-0.25, -0.2) is 43.0 Å². The number of aliphatic hydroxyl groups is 1. The Balaban J connectivity index is 0.000000154. The first kappa shape index (κ1) is 44.6. The van der Waals surface area contributed by atoms with Gasteiger partial charge in [-0.15, -0.1) is 0 Å². The van der Waals surface area contributed by atoms with Crippen LogP contribution >= 0.6 is 11.6 Å². The molecule has 0 spiro atoms. The highest BCUT2D eigenvalue weighted by molar-refractivity contribution is 6.29. The largest absolute Gasteiger partial charge is 0.462 e. The molecule has 0 atom stereocenters. The Kier molecular flexibility index (Phi) is 15.3. The first-order valence-electron chi connectivity index (χ1n) is 19.4. The Bertz CT molecular complexity index is 2830. The minimum atomic E-state index is -0.477. The van der Waals surface area contributed by atoms with Crippen molar-refractivity contribution in [1.29, 1.82) is 0 Å². The molecule has 0 saturated heterocycles. The molecule has 0 saturated carbocycles. The van der Waals surface area contributed by atoms with Crippen LogP contribution in [0.15, 0.2) is 117 Å². The van der Waals surface area contributed by atoms with Crippen LogP contribution in [0, 0.1) is 0 Å². The van der Waals surface area contributed by atoms with Crippen LogP contribution in [0.3, 0.4) is 0 Å². The van der Waals surface area contributed by atoms with E-state index < -0.39 is 11.9 Å². The number of nitrogens with one attached hydrogen (secondary N) is 1. The maximum atomic E-state index is 12.0. The van der Waals surface area contributed by atoms with Gasteiger partial charge in [0.15, 0.2) is 22.3 Å². The number of rotatable bonds is 9. The quantitative estimate of drug-likeness (QED) is 0.132. The van der Waals surface area contributed by atoms with Crippen molar-refractivity contribution in [2.75, 3.05) is 38.9 Å². The Labute approximate surface area is 365 Å². The Hall–Kier alpha value is -7.90. The van der Waals surface area contributed by atoms with Crippen LogP contribution in [0.2, 0.25) is 5.15 Å². The van der Waals surface area contributed by atoms with Crippen LogP contribution in [-0.4, -0.2) is 110 Å². The Morgan fingerprint density at radius 3 is 1.71 bits per heavy atom. The molecule has 8 aromatic rings. The molecular weight excluding hydrogens is 832 g/mol. The molecule has 9 heterocycles. The molecule has 0 aliphatic carbocycles. The zero-order valence-corrected chi connectivity index (χ0v) is 35.2. The highest BCUT2D eigenvalue weighted by atomic mass is 35.5. The lowest BCUT2D eigenvalue weighted by Gasteiger charge is -2.15. The summed E-state index contributed by atoms with van der Waals surface area (Å²) in [5, 5.41) is 15.5. The topological polar surface area (TPSA) is 228 Å². The molecule has 322 valence electrons. The minimum Gasteiger partial charge on any atom is -0.462 e. The van der Waals surface area contributed by atoms with Gasteiger partial charge in [0.25, 0.3) is 0 Å². The number of hydrogen-bond donors (Lipinski definition) is 2. The van der Waals surface area contributed by atoms with Crippen LogP contribution in [0.4, 0.5) is 0 Å². The summed E-state index contributed by atoms with van der Waals surface area (Å²) < 4.78 is 19.9. The van der Waals surface area contributed by atoms with Gasteiger partial charge >= 0.3 is 17.9 Å². The molecule has 0 bridgehead atoms. The van der Waals surface area contributed by atoms with E-state index in [2.05, 4.69) is 45.5 Å². The summed E-state index contributed by atoms with van der Waals surface area (Å²) in [6.45, 7) is 6.80. The maximum Gasteiger partial charge on any atom is 0.342 e. The second-order valence-electron chi connectivity index (χ2n) is 12.6. The fourth-order valence-electron chi connectivity index (χ4n) is 5.94. The average Bonchev–Trinajstić information content (AvgIpc) is 4.08. The number of carbonyl (C=O) groups is 3. The standard InChI is InChI=1S/C14H11ClN4O2.C14H14N4O2.C14H12N4O2.CH4O/c1-2-21-14(20)10-6-12(15)18-19-8-11(17-13(10)19)9-4-3-5-16-7-9;2*1-2-20-14(19)11-5-7-16-18-9-12(17-13(11)18)10-4-3-6-15-8-10;1-2/h3-8H,2H2,1H3;3-6,8-9,16H,2,7H2,1H3;3-9H,2H2,1H3;2H,1H3. The van der Waals surface area contributed by atoms with Gasteiger partial charge in [0.2, 0.25) is 0 Å². The number of esters is 3. The lowest BCUT2D eigenvalue weighted by Crippen LogP contribution is -2.24. The van der Waals surface area contributed by atoms with E-state index in [1.807, 2.05) is 42.6 Å². The second-order valence-corrected chi connectivity index (χ2v) is 13.0. The van der Waals surface area contributed by atoms with Gasteiger partial charge in [-0.05, 0) is 75.4 Å². The predicted octanol–water partition coefficient (Wildman–Crippen LogP) is 5.65. The predicted molar refractivity (Wildman–Crippen MR) is 232 cm³/mol. The van der Waals surface area contributed by atoms with Gasteiger partial charge < -0.3 is 24.7 Å². The number of imidazole rings is 3. The lowest BCUT2D eigenvalue weighted by atomic mass is 10.2. The molecule has 8 aromatic heterocycles. The van der Waals surface area contributed by atoms with Gasteiger partial charge in [0.05, 0.1) is 62.0 Å². The number of aliphatic hydroxyl groups excluding tert-OH is 1. The van der Waals surface area contributed by atoms with Crippen molar-refractivity contribution in [2.24, 2.45) is 0 Å². The smallest absolute Gasteiger partial charge is 0.342 e. The summed E-state index contributed by atoms with van der Waals surface area (Å²) in [5.74, 6) is -0.662. The summed E-state index contributed by atoms with van der Waals surface area (Å²) in [4.78, 5) is 61.3. The van der Waals surface area contributed by atoms with Gasteiger partial charge in [0.1, 0.15) is 16.7 Å². The van der Waals surface area contributed by atoms with Crippen molar-refractivity contribution in [2.45, 2.75) is 20.8 Å². The third kappa shape index (κ3) is 10.7. The van der Waals surface area contributed by atoms with Crippen molar-refractivity contribution >= 4 is 46.4 Å². The van der Waals surface area contributed by atoms with Crippen molar-refractivity contribution in [3.63, 3.8) is 0 Å². The van der Waals surface area contributed by atoms with Crippen molar-refractivity contribution < 1.29 is 33.7 Å². The number of carbonyl (C=O) groups excluding carboxylic acids is 3. The monoisotopic (exact) mass is 872 g/mol. The first-order chi connectivity index (χ1) is 30.8. The third-order valence-corrected chi connectivity index (χ3v) is 8.81. The van der Waals surface area contributed by atoms with E-state index in [1.165, 1.54) is 10.6 Å². The second kappa shape index (κ2) is 21.6. The van der Waals surface area contributed by atoms with E-state index in [0.717, 1.165) is 29.5 Å². The normalized spacial score (nSPS) is 11.2. The summed E-state index contributed by atoms with van der Waals surface area (Å²) in [6, 6.07) is 14.3. The van der Waals surface area contributed by atoms with Crippen molar-refractivity contribution in [3.05, 3.63) is 139 Å². The van der Waals surface area contributed by atoms with Crippen LogP contribution in [0.25, 0.3) is 50.6 Å². The highest BCUT2D eigenvalue weighted by Crippen LogP contribution is 2.25. The number of hydrogen-bond acceptors (Lipinski definition) is 16. The molecule has 1 aliphatic heterocycles. The lowest BCUT2D eigenvalue weighted by molar-refractivity contribution is -0.136. The van der Waals surface area contributed by atoms with Crippen LogP contribution < -0.4 is 5.43 Å². The van der Waals surface area contributed by atoms with E-state index in [4.69, 9.17) is 30.9 Å². The molecule has 9 rings (SSSR count). The molecule has 0 unspecified atom stereocenters. The highest BCUT2D eigenvalue weighted by Gasteiger charge is 2.23. The van der Waals surface area contributed by atoms with Crippen molar-refractivity contribution in [1.82, 2.24) is 53.8 Å². The van der Waals surface area contributed by atoms with Crippen LogP contribution in [0.1, 0.15) is 47.3 Å². The summed E-state index contributed by atoms with van der Waals surface area (Å²) in [6.07, 6.45) is 18.9. The Morgan fingerprint density at radius 2 is 1.17 bits per heavy atom. The molecule has 1 aliphatic rings. The van der Waals surface area contributed by atoms with E-state index >= 15 is 0 Å². The van der Waals surface area contributed by atoms with Gasteiger partial charge in [-0.3, -0.25) is 15.0 Å². The number of halogens is 1. The number of fused-ring (bicyclic) bond motifs is 3. The SMILES string of the molecule is CCOC(=O)C1=CCNn2cc(-c3cccnc3)nc21.CCOC(=O)c1cc(Cl)nn2cc(-c3cccnc3)nc12.CCOC(=O)c1ccnn2cc(-c3cccnc3)nc12.CO. The van der Waals surface area contributed by atoms with Gasteiger partial charge in [-0.1, -0.05) is 11.6 Å². The Morgan fingerprint density at radius 1 is 0.667 bits per heavy atom. The van der Waals surface area contributed by atoms with E-state index in [1.54, 1.807) is 97.9 Å². The number of pyridine rings is 3.